The lowest BCUT2D eigenvalue weighted by molar-refractivity contribution is -0.454. The van der Waals surface area contributed by atoms with Crippen molar-refractivity contribution >= 4 is 6.21 Å². The third-order valence-electron chi connectivity index (χ3n) is 1.34. The lowest BCUT2D eigenvalue weighted by Gasteiger charge is -2.22. The molecule has 1 aliphatic rings. The molecular formula is C8H15NO2. The summed E-state index contributed by atoms with van der Waals surface area (Å²) in [5.41, 5.74) is -0.275. The zero-order chi connectivity index (χ0) is 9.35. The Morgan fingerprint density at radius 2 is 2.36 bits per heavy atom. The molecule has 0 aromatic heterocycles. The zero-order valence-corrected chi connectivity index (χ0v) is 7.20. The summed E-state index contributed by atoms with van der Waals surface area (Å²) < 4.78 is 13.6. The van der Waals surface area contributed by atoms with Crippen molar-refractivity contribution in [3.63, 3.8) is 0 Å². The standard InChI is InChI=1S/C8H15NO2/c1-8(2,3)11-7-4-5-9(10)6-7/h5,7H,4,6H2,1-3H3/t7-/m0/s1/i6D/t6-,7+/m1. The molecule has 0 saturated heterocycles. The van der Waals surface area contributed by atoms with E-state index < -0.39 is 6.52 Å². The van der Waals surface area contributed by atoms with Crippen molar-refractivity contribution in [2.75, 3.05) is 6.52 Å². The van der Waals surface area contributed by atoms with E-state index in [4.69, 9.17) is 6.11 Å². The Kier molecular flexibility index (Phi) is 1.82. The van der Waals surface area contributed by atoms with E-state index >= 15 is 0 Å². The van der Waals surface area contributed by atoms with Crippen LogP contribution in [0.3, 0.4) is 0 Å². The molecule has 0 unspecified atom stereocenters. The van der Waals surface area contributed by atoms with E-state index in [9.17, 15) is 5.21 Å². The SMILES string of the molecule is [2H][C@@H]1[C@@H](OC(C)(C)C)CC=[N+]1[O-]. The highest BCUT2D eigenvalue weighted by Gasteiger charge is 2.25. The van der Waals surface area contributed by atoms with Crippen LogP contribution < -0.4 is 0 Å². The number of nitrogens with zero attached hydrogens (tertiary/aromatic N) is 1. The predicted octanol–water partition coefficient (Wildman–Crippen LogP) is 1.15. The van der Waals surface area contributed by atoms with Crippen molar-refractivity contribution in [2.45, 2.75) is 38.9 Å². The van der Waals surface area contributed by atoms with Crippen molar-refractivity contribution in [1.82, 2.24) is 0 Å². The van der Waals surface area contributed by atoms with Gasteiger partial charge in [0, 0.05) is 0 Å². The van der Waals surface area contributed by atoms with Crippen molar-refractivity contribution in [3.05, 3.63) is 5.21 Å². The zero-order valence-electron chi connectivity index (χ0n) is 8.20. The molecule has 1 heterocycles. The van der Waals surface area contributed by atoms with Gasteiger partial charge in [-0.2, -0.15) is 0 Å². The van der Waals surface area contributed by atoms with Gasteiger partial charge < -0.3 is 9.94 Å². The highest BCUT2D eigenvalue weighted by atomic mass is 16.5. The summed E-state index contributed by atoms with van der Waals surface area (Å²) in [5.74, 6) is 0. The fraction of sp³-hybridized carbons (Fsp3) is 0.875. The minimum absolute atomic E-state index is 0.275. The first kappa shape index (κ1) is 7.10. The molecule has 1 rings (SSSR count). The third-order valence-corrected chi connectivity index (χ3v) is 1.34. The van der Waals surface area contributed by atoms with Gasteiger partial charge >= 0.3 is 0 Å². The molecule has 0 aromatic rings. The summed E-state index contributed by atoms with van der Waals surface area (Å²) in [6, 6.07) is 0. The van der Waals surface area contributed by atoms with Gasteiger partial charge in [-0.3, -0.25) is 0 Å². The van der Waals surface area contributed by atoms with E-state index in [2.05, 4.69) is 0 Å². The predicted molar refractivity (Wildman–Crippen MR) is 43.8 cm³/mol. The topological polar surface area (TPSA) is 35.3 Å². The molecule has 1 aliphatic heterocycles. The number of hydrogen-bond acceptors (Lipinski definition) is 2. The Hall–Kier alpha value is -0.570. The van der Waals surface area contributed by atoms with Gasteiger partial charge in [0.1, 0.15) is 7.47 Å². The molecule has 2 atom stereocenters. The number of hydrogen-bond donors (Lipinski definition) is 0. The van der Waals surface area contributed by atoms with Gasteiger partial charge in [0.25, 0.3) is 0 Å². The normalized spacial score (nSPS) is 33.4. The largest absolute Gasteiger partial charge is 0.624 e. The summed E-state index contributed by atoms with van der Waals surface area (Å²) in [6.07, 6.45) is 1.74. The van der Waals surface area contributed by atoms with Crippen molar-refractivity contribution < 1.29 is 10.8 Å². The van der Waals surface area contributed by atoms with Gasteiger partial charge in [0.2, 0.25) is 0 Å². The first-order valence-corrected chi connectivity index (χ1v) is 3.79. The molecule has 0 saturated carbocycles. The van der Waals surface area contributed by atoms with Crippen LogP contribution in [0.15, 0.2) is 0 Å². The Bertz CT molecular complexity index is 198. The van der Waals surface area contributed by atoms with Crippen molar-refractivity contribution in [2.24, 2.45) is 0 Å². The minimum atomic E-state index is -0.788. The Labute approximate surface area is 68.7 Å². The molecule has 0 aliphatic carbocycles. The van der Waals surface area contributed by atoms with Crippen molar-refractivity contribution in [3.8, 4) is 0 Å². The molecule has 0 bridgehead atoms. The van der Waals surface area contributed by atoms with Crippen molar-refractivity contribution in [1.29, 1.82) is 0 Å². The van der Waals surface area contributed by atoms with Gasteiger partial charge in [-0.1, -0.05) is 0 Å². The molecule has 3 heteroatoms. The van der Waals surface area contributed by atoms with E-state index in [1.807, 2.05) is 20.8 Å². The molecule has 0 amide bonds. The second-order valence-corrected chi connectivity index (χ2v) is 3.70. The maximum atomic E-state index is 10.9. The molecule has 3 nitrogen and oxygen atoms in total. The average Bonchev–Trinajstić information content (AvgIpc) is 2.16. The summed E-state index contributed by atoms with van der Waals surface area (Å²) in [6.45, 7) is 4.98. The Morgan fingerprint density at radius 1 is 1.73 bits per heavy atom. The van der Waals surface area contributed by atoms with Crippen LogP contribution in [0.4, 0.5) is 0 Å². The maximum absolute atomic E-state index is 10.9. The van der Waals surface area contributed by atoms with E-state index in [0.29, 0.717) is 11.2 Å². The van der Waals surface area contributed by atoms with Gasteiger partial charge in [0.15, 0.2) is 12.7 Å². The van der Waals surface area contributed by atoms with E-state index in [1.165, 1.54) is 6.21 Å². The molecule has 0 N–H and O–H groups in total. The average molecular weight is 158 g/mol. The Balaban J connectivity index is 2.48. The lowest BCUT2D eigenvalue weighted by Crippen LogP contribution is -2.29. The van der Waals surface area contributed by atoms with Crippen LogP contribution in [-0.4, -0.2) is 29.2 Å². The number of hydroxylamine groups is 1. The summed E-state index contributed by atoms with van der Waals surface area (Å²) >= 11 is 0. The number of ether oxygens (including phenoxy) is 1. The van der Waals surface area contributed by atoms with Crippen LogP contribution in [-0.2, 0) is 4.74 Å². The molecular weight excluding hydrogens is 142 g/mol. The van der Waals surface area contributed by atoms with Crippen LogP contribution in [0.2, 0.25) is 0 Å². The van der Waals surface area contributed by atoms with E-state index in [1.54, 1.807) is 0 Å². The first-order chi connectivity index (χ1) is 5.40. The molecule has 64 valence electrons. The Morgan fingerprint density at radius 3 is 2.73 bits per heavy atom. The summed E-state index contributed by atoms with van der Waals surface area (Å²) in [5, 5.41) is 10.9. The van der Waals surface area contributed by atoms with E-state index in [-0.39, 0.29) is 11.7 Å². The smallest absolute Gasteiger partial charge is 0.179 e. The monoisotopic (exact) mass is 158 g/mol. The minimum Gasteiger partial charge on any atom is -0.624 e. The van der Waals surface area contributed by atoms with Gasteiger partial charge in [-0.05, 0) is 20.8 Å². The van der Waals surface area contributed by atoms with Crippen LogP contribution in [0.5, 0.6) is 0 Å². The van der Waals surface area contributed by atoms with E-state index in [0.717, 1.165) is 0 Å². The highest BCUT2D eigenvalue weighted by Crippen LogP contribution is 2.14. The fourth-order valence-electron chi connectivity index (χ4n) is 1.03. The van der Waals surface area contributed by atoms with Crippen LogP contribution in [0, 0.1) is 5.21 Å². The second kappa shape index (κ2) is 2.81. The lowest BCUT2D eigenvalue weighted by atomic mass is 10.2. The van der Waals surface area contributed by atoms with Crippen LogP contribution in [0.1, 0.15) is 28.6 Å². The molecule has 0 radical (unpaired) electrons. The first-order valence-electron chi connectivity index (χ1n) is 4.37. The summed E-state index contributed by atoms with van der Waals surface area (Å²) in [7, 11) is 0. The maximum Gasteiger partial charge on any atom is 0.179 e. The number of rotatable bonds is 1. The molecule has 0 spiro atoms. The summed E-state index contributed by atoms with van der Waals surface area (Å²) in [4.78, 5) is 0. The highest BCUT2D eigenvalue weighted by molar-refractivity contribution is 5.53. The second-order valence-electron chi connectivity index (χ2n) is 3.70. The van der Waals surface area contributed by atoms with Gasteiger partial charge in [-0.15, -0.1) is 0 Å². The third kappa shape index (κ3) is 2.89. The fourth-order valence-corrected chi connectivity index (χ4v) is 1.03. The van der Waals surface area contributed by atoms with Gasteiger partial charge in [-0.25, -0.2) is 4.74 Å². The molecule has 0 aromatic carbocycles. The van der Waals surface area contributed by atoms with Gasteiger partial charge in [0.05, 0.1) is 12.0 Å². The quantitative estimate of drug-likeness (QED) is 0.424. The molecule has 0 fully saturated rings. The molecule has 11 heavy (non-hydrogen) atoms. The van der Waals surface area contributed by atoms with Crippen LogP contribution in [0.25, 0.3) is 0 Å². The van der Waals surface area contributed by atoms with Crippen LogP contribution >= 0.6 is 0 Å².